The molecule has 0 spiro atoms. The van der Waals surface area contributed by atoms with Crippen LogP contribution >= 0.6 is 0 Å². The first kappa shape index (κ1) is 21.4. The van der Waals surface area contributed by atoms with E-state index < -0.39 is 23.4 Å². The third kappa shape index (κ3) is 5.63. The van der Waals surface area contributed by atoms with Crippen molar-refractivity contribution in [1.29, 1.82) is 0 Å². The first-order valence-electron chi connectivity index (χ1n) is 10.3. The maximum atomic E-state index is 12.3. The third-order valence-electron chi connectivity index (χ3n) is 5.55. The van der Waals surface area contributed by atoms with Gasteiger partial charge in [-0.2, -0.15) is 0 Å². The van der Waals surface area contributed by atoms with Crippen LogP contribution in [0, 0.1) is 5.92 Å². The molecule has 2 N–H and O–H groups in total. The molecule has 3 rings (SSSR count). The van der Waals surface area contributed by atoms with Crippen LogP contribution in [0.3, 0.4) is 0 Å². The van der Waals surface area contributed by atoms with Gasteiger partial charge < -0.3 is 24.8 Å². The molecule has 2 aliphatic rings. The fourth-order valence-electron chi connectivity index (χ4n) is 4.19. The van der Waals surface area contributed by atoms with Crippen LogP contribution in [0.1, 0.15) is 52.0 Å². The number of carbonyl (C=O) groups is 2. The van der Waals surface area contributed by atoms with Crippen molar-refractivity contribution in [2.24, 2.45) is 5.92 Å². The van der Waals surface area contributed by atoms with Crippen LogP contribution in [0.25, 0.3) is 0 Å². The lowest BCUT2D eigenvalue weighted by atomic mass is 9.70. The van der Waals surface area contributed by atoms with Crippen LogP contribution < -0.4 is 5.32 Å². The fourth-order valence-corrected chi connectivity index (χ4v) is 4.19. The molecule has 1 aliphatic heterocycles. The van der Waals surface area contributed by atoms with E-state index in [2.05, 4.69) is 5.32 Å². The molecule has 2 amide bonds. The average molecular weight is 405 g/mol. The standard InChI is InChI=1S/C22H32N2O5/c1-21(2,3)29-19(25)23-18-12-8-7-11-17(18)22(27)14-24(15-22)20(26)28-13-16-9-5-4-6-10-16/h4-6,9-10,17-18,27H,7-8,11-15H2,1-3H3,(H,23,25). The van der Waals surface area contributed by atoms with Crippen molar-refractivity contribution in [3.63, 3.8) is 0 Å². The number of likely N-dealkylation sites (tertiary alicyclic amines) is 1. The number of ether oxygens (including phenoxy) is 2. The zero-order chi connectivity index (χ0) is 21.1. The van der Waals surface area contributed by atoms with Crippen LogP contribution in [0.2, 0.25) is 0 Å². The Hall–Kier alpha value is -2.28. The molecule has 2 atom stereocenters. The van der Waals surface area contributed by atoms with Crippen molar-refractivity contribution in [1.82, 2.24) is 10.2 Å². The Bertz CT molecular complexity index is 710. The number of hydrogen-bond acceptors (Lipinski definition) is 5. The minimum absolute atomic E-state index is 0.109. The molecule has 7 heteroatoms. The molecule has 1 saturated heterocycles. The number of nitrogens with zero attached hydrogens (tertiary/aromatic N) is 1. The molecule has 1 saturated carbocycles. The summed E-state index contributed by atoms with van der Waals surface area (Å²) in [6, 6.07) is 9.33. The number of rotatable bonds is 4. The van der Waals surface area contributed by atoms with Crippen LogP contribution in [-0.4, -0.2) is 52.5 Å². The van der Waals surface area contributed by atoms with E-state index in [0.29, 0.717) is 0 Å². The Morgan fingerprint density at radius 2 is 1.83 bits per heavy atom. The fraction of sp³-hybridized carbons (Fsp3) is 0.636. The predicted octanol–water partition coefficient (Wildman–Crippen LogP) is 3.45. The van der Waals surface area contributed by atoms with Gasteiger partial charge in [0.05, 0.1) is 13.1 Å². The van der Waals surface area contributed by atoms with Crippen molar-refractivity contribution < 1.29 is 24.2 Å². The van der Waals surface area contributed by atoms with E-state index in [0.717, 1.165) is 31.2 Å². The van der Waals surface area contributed by atoms with Gasteiger partial charge in [0, 0.05) is 12.0 Å². The predicted molar refractivity (Wildman–Crippen MR) is 108 cm³/mol. The number of benzene rings is 1. The molecule has 2 unspecified atom stereocenters. The number of nitrogens with one attached hydrogen (secondary N) is 1. The van der Waals surface area contributed by atoms with Gasteiger partial charge in [-0.25, -0.2) is 9.59 Å². The highest BCUT2D eigenvalue weighted by molar-refractivity contribution is 5.69. The Labute approximate surface area is 172 Å². The largest absolute Gasteiger partial charge is 0.445 e. The summed E-state index contributed by atoms with van der Waals surface area (Å²) < 4.78 is 10.7. The Kier molecular flexibility index (Phi) is 6.36. The molecule has 1 aromatic rings. The molecule has 1 aromatic carbocycles. The summed E-state index contributed by atoms with van der Waals surface area (Å²) in [6.45, 7) is 6.12. The summed E-state index contributed by atoms with van der Waals surface area (Å²) in [7, 11) is 0. The molecule has 2 fully saturated rings. The number of amides is 2. The van der Waals surface area contributed by atoms with Gasteiger partial charge in [0.15, 0.2) is 0 Å². The van der Waals surface area contributed by atoms with E-state index in [1.165, 1.54) is 4.90 Å². The summed E-state index contributed by atoms with van der Waals surface area (Å²) in [5.74, 6) is -0.109. The second kappa shape index (κ2) is 8.61. The van der Waals surface area contributed by atoms with Gasteiger partial charge in [0.25, 0.3) is 0 Å². The molecule has 0 aromatic heterocycles. The third-order valence-corrected chi connectivity index (χ3v) is 5.55. The molecule has 0 bridgehead atoms. The molecular formula is C22H32N2O5. The highest BCUT2D eigenvalue weighted by Gasteiger charge is 2.53. The van der Waals surface area contributed by atoms with Crippen LogP contribution in [0.4, 0.5) is 9.59 Å². The van der Waals surface area contributed by atoms with E-state index in [4.69, 9.17) is 9.47 Å². The van der Waals surface area contributed by atoms with E-state index in [9.17, 15) is 14.7 Å². The highest BCUT2D eigenvalue weighted by Crippen LogP contribution is 2.39. The van der Waals surface area contributed by atoms with E-state index in [1.54, 1.807) is 0 Å². The second-order valence-electron chi connectivity index (χ2n) is 9.14. The molecule has 1 heterocycles. The number of alkyl carbamates (subject to hydrolysis) is 1. The summed E-state index contributed by atoms with van der Waals surface area (Å²) in [5, 5.41) is 14.0. The summed E-state index contributed by atoms with van der Waals surface area (Å²) in [5.41, 5.74) is -0.655. The summed E-state index contributed by atoms with van der Waals surface area (Å²) in [6.07, 6.45) is 2.71. The molecule has 7 nitrogen and oxygen atoms in total. The van der Waals surface area contributed by atoms with Crippen LogP contribution in [-0.2, 0) is 16.1 Å². The van der Waals surface area contributed by atoms with Crippen molar-refractivity contribution in [2.75, 3.05) is 13.1 Å². The SMILES string of the molecule is CC(C)(C)OC(=O)NC1CCCCC1C1(O)CN(C(=O)OCc2ccccc2)C1. The quantitative estimate of drug-likeness (QED) is 0.802. The lowest BCUT2D eigenvalue weighted by Crippen LogP contribution is -2.70. The van der Waals surface area contributed by atoms with Crippen molar-refractivity contribution in [3.05, 3.63) is 35.9 Å². The smallest absolute Gasteiger partial charge is 0.410 e. The van der Waals surface area contributed by atoms with Crippen molar-refractivity contribution in [3.8, 4) is 0 Å². The van der Waals surface area contributed by atoms with E-state index >= 15 is 0 Å². The van der Waals surface area contributed by atoms with Gasteiger partial charge in [-0.3, -0.25) is 0 Å². The topological polar surface area (TPSA) is 88.1 Å². The molecule has 29 heavy (non-hydrogen) atoms. The summed E-state index contributed by atoms with van der Waals surface area (Å²) >= 11 is 0. The van der Waals surface area contributed by atoms with Gasteiger partial charge in [-0.05, 0) is 39.2 Å². The van der Waals surface area contributed by atoms with E-state index in [-0.39, 0.29) is 31.7 Å². The number of hydrogen-bond donors (Lipinski definition) is 2. The average Bonchev–Trinajstić information content (AvgIpc) is 2.63. The lowest BCUT2D eigenvalue weighted by molar-refractivity contribution is -0.140. The molecule has 160 valence electrons. The molecule has 1 aliphatic carbocycles. The monoisotopic (exact) mass is 404 g/mol. The Morgan fingerprint density at radius 3 is 2.48 bits per heavy atom. The van der Waals surface area contributed by atoms with Gasteiger partial charge in [-0.15, -0.1) is 0 Å². The second-order valence-corrected chi connectivity index (χ2v) is 9.14. The van der Waals surface area contributed by atoms with Gasteiger partial charge in [-0.1, -0.05) is 43.2 Å². The zero-order valence-corrected chi connectivity index (χ0v) is 17.5. The number of β-amino-alcohol motifs (C(OH)–C–C–N with tert-alkyl or cyclic N) is 1. The van der Waals surface area contributed by atoms with Crippen molar-refractivity contribution in [2.45, 2.75) is 70.3 Å². The summed E-state index contributed by atoms with van der Waals surface area (Å²) in [4.78, 5) is 26.0. The maximum Gasteiger partial charge on any atom is 0.410 e. The van der Waals surface area contributed by atoms with Gasteiger partial charge >= 0.3 is 12.2 Å². The number of carbonyl (C=O) groups excluding carboxylic acids is 2. The highest BCUT2D eigenvalue weighted by atomic mass is 16.6. The molecule has 0 radical (unpaired) electrons. The zero-order valence-electron chi connectivity index (χ0n) is 17.5. The lowest BCUT2D eigenvalue weighted by Gasteiger charge is -2.53. The van der Waals surface area contributed by atoms with E-state index in [1.807, 2.05) is 51.1 Å². The minimum Gasteiger partial charge on any atom is -0.445 e. The van der Waals surface area contributed by atoms with Crippen LogP contribution in [0.15, 0.2) is 30.3 Å². The van der Waals surface area contributed by atoms with Crippen molar-refractivity contribution >= 4 is 12.2 Å². The Morgan fingerprint density at radius 1 is 1.17 bits per heavy atom. The first-order valence-corrected chi connectivity index (χ1v) is 10.3. The minimum atomic E-state index is -1.01. The van der Waals surface area contributed by atoms with Gasteiger partial charge in [0.1, 0.15) is 17.8 Å². The Balaban J connectivity index is 1.52. The molecular weight excluding hydrogens is 372 g/mol. The first-order chi connectivity index (χ1) is 13.7. The van der Waals surface area contributed by atoms with Crippen LogP contribution in [0.5, 0.6) is 0 Å². The normalized spacial score (nSPS) is 23.7. The number of aliphatic hydroxyl groups is 1. The van der Waals surface area contributed by atoms with Gasteiger partial charge in [0.2, 0.25) is 0 Å². The maximum absolute atomic E-state index is 12.3.